The number of carbonyl (C=O) groups excluding carboxylic acids is 1. The van der Waals surface area contributed by atoms with Crippen LogP contribution in [0.2, 0.25) is 5.02 Å². The highest BCUT2D eigenvalue weighted by Gasteiger charge is 2.35. The average Bonchev–Trinajstić information content (AvgIpc) is 2.75. The second-order valence-corrected chi connectivity index (χ2v) is 6.82. The molecule has 1 saturated heterocycles. The Kier molecular flexibility index (Phi) is 4.49. The minimum absolute atomic E-state index is 0.0500. The molecule has 1 aromatic carbocycles. The van der Waals surface area contributed by atoms with Crippen molar-refractivity contribution >= 4 is 17.5 Å². The number of piperidine rings is 1. The number of aromatic nitrogens is 1. The van der Waals surface area contributed by atoms with Crippen LogP contribution in [0, 0.1) is 5.82 Å². The van der Waals surface area contributed by atoms with E-state index in [9.17, 15) is 9.18 Å². The Morgan fingerprint density at radius 1 is 1.43 bits per heavy atom. The normalized spacial score (nSPS) is 25.6. The standard InChI is InChI=1S/C21H24ClF2N3O/c1-2-15-3-5-17(26-12-15)13-25-14-21(24)7-9-27(10-8-21)20(28)16-4-6-19(23)18(22)11-16/h3-6,11-12,25H,2,7-10,13-14H2,1H3/i2D2,7D2,13D2. The third-order valence-corrected chi connectivity index (χ3v) is 4.75. The summed E-state index contributed by atoms with van der Waals surface area (Å²) in [5, 5.41) is 2.13. The minimum Gasteiger partial charge on any atom is -0.338 e. The van der Waals surface area contributed by atoms with Crippen LogP contribution in [-0.4, -0.2) is 41.1 Å². The first-order valence-corrected chi connectivity index (χ1v) is 9.09. The Hall–Kier alpha value is -2.05. The summed E-state index contributed by atoms with van der Waals surface area (Å²) >= 11 is 5.72. The predicted octanol–water partition coefficient (Wildman–Crippen LogP) is 4.17. The topological polar surface area (TPSA) is 45.2 Å². The Labute approximate surface area is 177 Å². The van der Waals surface area contributed by atoms with Crippen molar-refractivity contribution in [2.24, 2.45) is 0 Å². The minimum atomic E-state index is -2.51. The van der Waals surface area contributed by atoms with Crippen molar-refractivity contribution in [2.75, 3.05) is 19.6 Å². The maximum atomic E-state index is 15.7. The summed E-state index contributed by atoms with van der Waals surface area (Å²) < 4.78 is 77.3. The molecule has 0 radical (unpaired) electrons. The summed E-state index contributed by atoms with van der Waals surface area (Å²) in [4.78, 5) is 17.8. The number of pyridine rings is 1. The number of nitrogens with zero attached hydrogens (tertiary/aromatic N) is 2. The quantitative estimate of drug-likeness (QED) is 0.773. The van der Waals surface area contributed by atoms with E-state index in [4.69, 9.17) is 19.8 Å². The van der Waals surface area contributed by atoms with Gasteiger partial charge in [-0.1, -0.05) is 24.6 Å². The Bertz CT molecular complexity index is 1070. The molecular formula is C21H24ClF2N3O. The number of aryl methyl sites for hydroxylation is 1. The van der Waals surface area contributed by atoms with E-state index < -0.39 is 56.1 Å². The molecule has 150 valence electrons. The van der Waals surface area contributed by atoms with Crippen LogP contribution in [0.4, 0.5) is 8.78 Å². The van der Waals surface area contributed by atoms with E-state index >= 15 is 4.39 Å². The van der Waals surface area contributed by atoms with E-state index in [-0.39, 0.29) is 28.4 Å². The number of likely N-dealkylation sites (tertiary alicyclic amines) is 1. The molecule has 4 nitrogen and oxygen atoms in total. The van der Waals surface area contributed by atoms with Gasteiger partial charge >= 0.3 is 0 Å². The fraction of sp³-hybridized carbons (Fsp3) is 0.429. The summed E-state index contributed by atoms with van der Waals surface area (Å²) in [5.41, 5.74) is -2.29. The highest BCUT2D eigenvalue weighted by Crippen LogP contribution is 2.27. The van der Waals surface area contributed by atoms with Gasteiger partial charge in [-0.05, 0) is 36.2 Å². The van der Waals surface area contributed by atoms with Crippen molar-refractivity contribution in [3.8, 4) is 0 Å². The highest BCUT2D eigenvalue weighted by molar-refractivity contribution is 6.31. The number of hydrogen-bond donors (Lipinski definition) is 1. The molecular weight excluding hydrogens is 384 g/mol. The van der Waals surface area contributed by atoms with E-state index in [1.165, 1.54) is 31.3 Å². The van der Waals surface area contributed by atoms with E-state index in [1.807, 2.05) is 0 Å². The lowest BCUT2D eigenvalue weighted by Gasteiger charge is -2.36. The van der Waals surface area contributed by atoms with Crippen LogP contribution in [-0.2, 0) is 12.9 Å². The molecule has 1 amide bonds. The summed E-state index contributed by atoms with van der Waals surface area (Å²) in [6.45, 7) is -2.37. The number of halogens is 3. The van der Waals surface area contributed by atoms with Gasteiger partial charge < -0.3 is 10.2 Å². The molecule has 1 unspecified atom stereocenters. The predicted molar refractivity (Wildman–Crippen MR) is 106 cm³/mol. The van der Waals surface area contributed by atoms with Crippen molar-refractivity contribution in [3.05, 3.63) is 64.2 Å². The lowest BCUT2D eigenvalue weighted by atomic mass is 9.92. The first-order valence-electron chi connectivity index (χ1n) is 11.7. The van der Waals surface area contributed by atoms with Gasteiger partial charge in [-0.3, -0.25) is 9.78 Å². The highest BCUT2D eigenvalue weighted by atomic mass is 35.5. The average molecular weight is 414 g/mol. The Morgan fingerprint density at radius 3 is 2.89 bits per heavy atom. The van der Waals surface area contributed by atoms with E-state index in [0.29, 0.717) is 0 Å². The van der Waals surface area contributed by atoms with Crippen LogP contribution in [0.5, 0.6) is 0 Å². The van der Waals surface area contributed by atoms with E-state index in [1.54, 1.807) is 0 Å². The molecule has 1 fully saturated rings. The van der Waals surface area contributed by atoms with Crippen LogP contribution in [0.3, 0.4) is 0 Å². The molecule has 1 N–H and O–H groups in total. The van der Waals surface area contributed by atoms with Gasteiger partial charge in [-0.2, -0.15) is 0 Å². The maximum Gasteiger partial charge on any atom is 0.253 e. The fourth-order valence-electron chi connectivity index (χ4n) is 2.74. The lowest BCUT2D eigenvalue weighted by molar-refractivity contribution is 0.0434. The molecule has 7 heteroatoms. The van der Waals surface area contributed by atoms with Crippen molar-refractivity contribution < 1.29 is 21.8 Å². The summed E-state index contributed by atoms with van der Waals surface area (Å²) in [7, 11) is 0. The molecule has 3 rings (SSSR count). The first kappa shape index (κ1) is 14.0. The van der Waals surface area contributed by atoms with Gasteiger partial charge in [-0.15, -0.1) is 0 Å². The van der Waals surface area contributed by atoms with Gasteiger partial charge in [0.15, 0.2) is 0 Å². The molecule has 0 aliphatic carbocycles. The molecule has 2 heterocycles. The molecule has 1 aliphatic rings. The first-order chi connectivity index (χ1) is 15.6. The number of benzene rings is 1. The second-order valence-electron chi connectivity index (χ2n) is 6.41. The van der Waals surface area contributed by atoms with E-state index in [2.05, 4.69) is 10.3 Å². The smallest absolute Gasteiger partial charge is 0.253 e. The third kappa shape index (κ3) is 5.06. The Morgan fingerprint density at radius 2 is 2.25 bits per heavy atom. The lowest BCUT2D eigenvalue weighted by Crippen LogP contribution is -2.48. The fourth-order valence-corrected chi connectivity index (χ4v) is 2.92. The molecule has 1 atom stereocenters. The van der Waals surface area contributed by atoms with Crippen molar-refractivity contribution in [2.45, 2.75) is 38.3 Å². The van der Waals surface area contributed by atoms with Gasteiger partial charge in [0.2, 0.25) is 0 Å². The van der Waals surface area contributed by atoms with Crippen LogP contribution in [0.25, 0.3) is 0 Å². The molecule has 0 bridgehead atoms. The number of hydrogen-bond acceptors (Lipinski definition) is 3. The zero-order chi connectivity index (χ0) is 25.5. The SMILES string of the molecule is [2H]C([2H])(C)c1ccc(C([2H])([2H])NCC2(F)CCN(C(=O)c3ccc(F)c(Cl)c3)CC2([2H])[2H])nc1. The van der Waals surface area contributed by atoms with Crippen LogP contribution >= 0.6 is 11.6 Å². The molecule has 1 aliphatic heterocycles. The largest absolute Gasteiger partial charge is 0.338 e. The van der Waals surface area contributed by atoms with Crippen LogP contribution < -0.4 is 5.32 Å². The molecule has 0 saturated carbocycles. The number of amides is 1. The monoisotopic (exact) mass is 413 g/mol. The van der Waals surface area contributed by atoms with Gasteiger partial charge in [0.25, 0.3) is 5.91 Å². The van der Waals surface area contributed by atoms with Gasteiger partial charge in [0, 0.05) is 58.9 Å². The number of nitrogens with one attached hydrogen (secondary N) is 1. The van der Waals surface area contributed by atoms with Crippen LogP contribution in [0.15, 0.2) is 36.5 Å². The number of rotatable bonds is 6. The molecule has 0 spiro atoms. The van der Waals surface area contributed by atoms with E-state index in [0.717, 1.165) is 17.0 Å². The molecule has 28 heavy (non-hydrogen) atoms. The van der Waals surface area contributed by atoms with Crippen molar-refractivity contribution in [1.29, 1.82) is 0 Å². The number of alkyl halides is 1. The van der Waals surface area contributed by atoms with Crippen LogP contribution in [0.1, 0.15) is 49.6 Å². The zero-order valence-electron chi connectivity index (χ0n) is 21.2. The molecule has 2 aromatic rings. The van der Waals surface area contributed by atoms with Gasteiger partial charge in [0.05, 0.1) is 10.7 Å². The zero-order valence-corrected chi connectivity index (χ0v) is 16.0. The van der Waals surface area contributed by atoms with Crippen molar-refractivity contribution in [1.82, 2.24) is 15.2 Å². The van der Waals surface area contributed by atoms with Gasteiger partial charge in [0.1, 0.15) is 11.5 Å². The van der Waals surface area contributed by atoms with Crippen molar-refractivity contribution in [3.63, 3.8) is 0 Å². The molecule has 1 aromatic heterocycles. The van der Waals surface area contributed by atoms with Gasteiger partial charge in [-0.25, -0.2) is 8.78 Å². The number of carbonyl (C=O) groups is 1. The Balaban J connectivity index is 1.69. The second kappa shape index (κ2) is 8.97. The summed E-state index contributed by atoms with van der Waals surface area (Å²) in [6.07, 6.45) is -3.37. The maximum absolute atomic E-state index is 15.7. The summed E-state index contributed by atoms with van der Waals surface area (Å²) in [6, 6.07) is 6.05. The third-order valence-electron chi connectivity index (χ3n) is 4.46. The summed E-state index contributed by atoms with van der Waals surface area (Å²) in [5.74, 6) is -1.32.